The fourth-order valence-electron chi connectivity index (χ4n) is 2.14. The minimum absolute atomic E-state index is 0.0519. The van der Waals surface area contributed by atoms with Crippen LogP contribution in [0.5, 0.6) is 0 Å². The van der Waals surface area contributed by atoms with Gasteiger partial charge in [0.05, 0.1) is 6.54 Å². The number of benzene rings is 1. The third kappa shape index (κ3) is 5.04. The Kier molecular flexibility index (Phi) is 5.74. The van der Waals surface area contributed by atoms with E-state index in [-0.39, 0.29) is 12.6 Å². The molecule has 0 aliphatic carbocycles. The van der Waals surface area contributed by atoms with E-state index in [1.165, 1.54) is 0 Å². The normalized spacial score (nSPS) is 13.4. The molecule has 124 valence electrons. The van der Waals surface area contributed by atoms with Crippen molar-refractivity contribution in [1.82, 2.24) is 5.32 Å². The van der Waals surface area contributed by atoms with E-state index in [9.17, 15) is 9.90 Å². The van der Waals surface area contributed by atoms with Gasteiger partial charge in [0.25, 0.3) is 0 Å². The first-order valence-corrected chi connectivity index (χ1v) is 8.72. The molecular weight excluding hydrogens is 312 g/mol. The summed E-state index contributed by atoms with van der Waals surface area (Å²) in [6.45, 7) is 3.46. The van der Waals surface area contributed by atoms with E-state index in [2.05, 4.69) is 10.6 Å². The predicted octanol–water partition coefficient (Wildman–Crippen LogP) is 3.48. The SMILES string of the molecule is CSCc1cccc(NC(=O)NCC(C)(O)c2ccc(C)o2)c1. The lowest BCUT2D eigenvalue weighted by Gasteiger charge is -2.21. The Hall–Kier alpha value is -1.92. The van der Waals surface area contributed by atoms with Crippen molar-refractivity contribution >= 4 is 23.5 Å². The number of rotatable bonds is 6. The van der Waals surface area contributed by atoms with Gasteiger partial charge in [-0.2, -0.15) is 11.8 Å². The molecule has 1 heterocycles. The van der Waals surface area contributed by atoms with Crippen LogP contribution in [0.3, 0.4) is 0 Å². The first-order valence-electron chi connectivity index (χ1n) is 7.33. The second kappa shape index (κ2) is 7.57. The molecule has 0 aliphatic heterocycles. The summed E-state index contributed by atoms with van der Waals surface area (Å²) in [4.78, 5) is 12.0. The summed E-state index contributed by atoms with van der Waals surface area (Å²) < 4.78 is 5.42. The maximum atomic E-state index is 12.0. The number of carbonyl (C=O) groups is 1. The number of nitrogens with one attached hydrogen (secondary N) is 2. The molecule has 0 spiro atoms. The lowest BCUT2D eigenvalue weighted by Crippen LogP contribution is -2.40. The molecule has 1 unspecified atom stereocenters. The van der Waals surface area contributed by atoms with Crippen LogP contribution >= 0.6 is 11.8 Å². The molecule has 0 saturated carbocycles. The van der Waals surface area contributed by atoms with Crippen molar-refractivity contribution in [3.63, 3.8) is 0 Å². The molecule has 0 bridgehead atoms. The Morgan fingerprint density at radius 2 is 2.13 bits per heavy atom. The maximum absolute atomic E-state index is 12.0. The number of amides is 2. The van der Waals surface area contributed by atoms with E-state index in [0.29, 0.717) is 5.76 Å². The lowest BCUT2D eigenvalue weighted by molar-refractivity contribution is 0.0364. The largest absolute Gasteiger partial charge is 0.463 e. The minimum atomic E-state index is -1.26. The number of aryl methyl sites for hydroxylation is 1. The van der Waals surface area contributed by atoms with Gasteiger partial charge in [-0.05, 0) is 49.9 Å². The third-order valence-electron chi connectivity index (χ3n) is 3.36. The highest BCUT2D eigenvalue weighted by molar-refractivity contribution is 7.97. The van der Waals surface area contributed by atoms with Gasteiger partial charge < -0.3 is 20.2 Å². The number of hydrogen-bond donors (Lipinski definition) is 3. The molecule has 2 rings (SSSR count). The van der Waals surface area contributed by atoms with E-state index in [1.54, 1.807) is 37.7 Å². The molecule has 0 radical (unpaired) electrons. The van der Waals surface area contributed by atoms with Crippen molar-refractivity contribution in [1.29, 1.82) is 0 Å². The van der Waals surface area contributed by atoms with Gasteiger partial charge in [0.15, 0.2) is 0 Å². The summed E-state index contributed by atoms with van der Waals surface area (Å²) in [6.07, 6.45) is 2.03. The van der Waals surface area contributed by atoms with Gasteiger partial charge >= 0.3 is 6.03 Å². The van der Waals surface area contributed by atoms with Crippen LogP contribution in [0.4, 0.5) is 10.5 Å². The van der Waals surface area contributed by atoms with E-state index in [0.717, 1.165) is 22.8 Å². The van der Waals surface area contributed by atoms with Gasteiger partial charge in [-0.1, -0.05) is 12.1 Å². The molecule has 3 N–H and O–H groups in total. The zero-order chi connectivity index (χ0) is 16.9. The molecule has 2 aromatic rings. The summed E-state index contributed by atoms with van der Waals surface area (Å²) in [5.74, 6) is 2.04. The summed E-state index contributed by atoms with van der Waals surface area (Å²) in [6, 6.07) is 10.8. The standard InChI is InChI=1S/C17H22N2O3S/c1-12-7-8-15(22-12)17(2,21)11-18-16(20)19-14-6-4-5-13(9-14)10-23-3/h4-9,21H,10-11H2,1-3H3,(H2,18,19,20). The summed E-state index contributed by atoms with van der Waals surface area (Å²) >= 11 is 1.72. The smallest absolute Gasteiger partial charge is 0.319 e. The third-order valence-corrected chi connectivity index (χ3v) is 3.98. The fraction of sp³-hybridized carbons (Fsp3) is 0.353. The Bertz CT molecular complexity index is 667. The van der Waals surface area contributed by atoms with Crippen molar-refractivity contribution in [3.8, 4) is 0 Å². The highest BCUT2D eigenvalue weighted by Crippen LogP contribution is 2.22. The number of anilines is 1. The predicted molar refractivity (Wildman–Crippen MR) is 93.7 cm³/mol. The average molecular weight is 334 g/mol. The molecule has 2 amide bonds. The molecule has 1 aromatic carbocycles. The summed E-state index contributed by atoms with van der Waals surface area (Å²) in [5, 5.41) is 15.8. The Morgan fingerprint density at radius 1 is 1.35 bits per heavy atom. The Balaban J connectivity index is 1.91. The van der Waals surface area contributed by atoms with E-state index in [4.69, 9.17) is 4.42 Å². The number of aliphatic hydroxyl groups is 1. The summed E-state index contributed by atoms with van der Waals surface area (Å²) in [5.41, 5.74) is 0.614. The maximum Gasteiger partial charge on any atom is 0.319 e. The second-order valence-corrected chi connectivity index (χ2v) is 6.49. The van der Waals surface area contributed by atoms with Gasteiger partial charge in [-0.3, -0.25) is 0 Å². The minimum Gasteiger partial charge on any atom is -0.463 e. The highest BCUT2D eigenvalue weighted by atomic mass is 32.2. The fourth-order valence-corrected chi connectivity index (χ4v) is 2.66. The lowest BCUT2D eigenvalue weighted by atomic mass is 10.0. The molecule has 1 atom stereocenters. The zero-order valence-corrected chi connectivity index (χ0v) is 14.4. The Labute approximate surface area is 140 Å². The van der Waals surface area contributed by atoms with Crippen molar-refractivity contribution in [2.45, 2.75) is 25.2 Å². The van der Waals surface area contributed by atoms with Crippen LogP contribution in [0.25, 0.3) is 0 Å². The van der Waals surface area contributed by atoms with Gasteiger partial charge in [-0.15, -0.1) is 0 Å². The van der Waals surface area contributed by atoms with E-state index < -0.39 is 5.60 Å². The number of thioether (sulfide) groups is 1. The van der Waals surface area contributed by atoms with Crippen molar-refractivity contribution < 1.29 is 14.3 Å². The Morgan fingerprint density at radius 3 is 2.78 bits per heavy atom. The molecule has 1 aromatic heterocycles. The van der Waals surface area contributed by atoms with Crippen LogP contribution in [-0.4, -0.2) is 23.9 Å². The van der Waals surface area contributed by atoms with E-state index >= 15 is 0 Å². The molecule has 6 heteroatoms. The van der Waals surface area contributed by atoms with Gasteiger partial charge in [0.1, 0.15) is 17.1 Å². The van der Waals surface area contributed by atoms with Gasteiger partial charge in [0.2, 0.25) is 0 Å². The second-order valence-electron chi connectivity index (χ2n) is 5.63. The zero-order valence-electron chi connectivity index (χ0n) is 13.6. The molecule has 0 saturated heterocycles. The quantitative estimate of drug-likeness (QED) is 0.756. The van der Waals surface area contributed by atoms with Crippen LogP contribution < -0.4 is 10.6 Å². The molecule has 23 heavy (non-hydrogen) atoms. The molecular formula is C17H22N2O3S. The monoisotopic (exact) mass is 334 g/mol. The first-order chi connectivity index (χ1) is 10.9. The van der Waals surface area contributed by atoms with Gasteiger partial charge in [0, 0.05) is 11.4 Å². The van der Waals surface area contributed by atoms with Crippen molar-refractivity contribution in [3.05, 3.63) is 53.5 Å². The van der Waals surface area contributed by atoms with E-state index in [1.807, 2.05) is 30.5 Å². The van der Waals surface area contributed by atoms with Crippen LogP contribution in [-0.2, 0) is 11.4 Å². The first kappa shape index (κ1) is 17.4. The number of carbonyl (C=O) groups excluding carboxylic acids is 1. The topological polar surface area (TPSA) is 74.5 Å². The number of hydrogen-bond acceptors (Lipinski definition) is 4. The molecule has 5 nitrogen and oxygen atoms in total. The molecule has 0 fully saturated rings. The van der Waals surface area contributed by atoms with Crippen LogP contribution in [0.2, 0.25) is 0 Å². The number of furan rings is 1. The molecule has 0 aliphatic rings. The number of urea groups is 1. The van der Waals surface area contributed by atoms with Gasteiger partial charge in [-0.25, -0.2) is 4.79 Å². The summed E-state index contributed by atoms with van der Waals surface area (Å²) in [7, 11) is 0. The van der Waals surface area contributed by atoms with Crippen LogP contribution in [0.15, 0.2) is 40.8 Å². The van der Waals surface area contributed by atoms with Crippen LogP contribution in [0, 0.1) is 6.92 Å². The highest BCUT2D eigenvalue weighted by Gasteiger charge is 2.27. The van der Waals surface area contributed by atoms with Crippen LogP contribution in [0.1, 0.15) is 24.0 Å². The van der Waals surface area contributed by atoms with Crippen molar-refractivity contribution in [2.24, 2.45) is 0 Å². The average Bonchev–Trinajstić information content (AvgIpc) is 2.94. The van der Waals surface area contributed by atoms with Crippen molar-refractivity contribution in [2.75, 3.05) is 18.1 Å².